The molecule has 1 aromatic carbocycles. The number of alkyl halides is 3. The van der Waals surface area contributed by atoms with E-state index in [1.54, 1.807) is 18.2 Å². The fourth-order valence-electron chi connectivity index (χ4n) is 3.08. The number of ether oxygens (including phenoxy) is 1. The molecule has 1 aliphatic carbocycles. The third kappa shape index (κ3) is 4.58. The average Bonchev–Trinajstić information content (AvgIpc) is 3.11. The standard InChI is InChI=1S/C18H16ClF3N4O3/c19-10-4-3-5-11(8-10)25-16-24-9-12(13(26-16)18(20,21)22)14(27)29-17(15(23)28)6-1-2-7-17/h3-5,8-9H,1-2,6-7H2,(H2,23,28)(H,24,25,26). The Morgan fingerprint density at radius 3 is 2.52 bits per heavy atom. The summed E-state index contributed by atoms with van der Waals surface area (Å²) < 4.78 is 45.7. The van der Waals surface area contributed by atoms with Gasteiger partial charge in [0.25, 0.3) is 5.91 Å². The lowest BCUT2D eigenvalue weighted by atomic mass is 10.0. The Hall–Kier alpha value is -2.88. The quantitative estimate of drug-likeness (QED) is 0.700. The topological polar surface area (TPSA) is 107 Å². The molecule has 29 heavy (non-hydrogen) atoms. The number of halogens is 4. The van der Waals surface area contributed by atoms with Crippen molar-refractivity contribution < 1.29 is 27.5 Å². The SMILES string of the molecule is NC(=O)C1(OC(=O)c2cnc(Nc3cccc(Cl)c3)nc2C(F)(F)F)CCCC1. The number of hydrogen-bond acceptors (Lipinski definition) is 6. The molecule has 11 heteroatoms. The third-order valence-electron chi connectivity index (χ3n) is 4.51. The van der Waals surface area contributed by atoms with E-state index in [1.807, 2.05) is 0 Å². The highest BCUT2D eigenvalue weighted by atomic mass is 35.5. The molecule has 0 atom stereocenters. The van der Waals surface area contributed by atoms with Gasteiger partial charge in [-0.2, -0.15) is 13.2 Å². The lowest BCUT2D eigenvalue weighted by molar-refractivity contribution is -0.142. The maximum Gasteiger partial charge on any atom is 0.434 e. The fraction of sp³-hybridized carbons (Fsp3) is 0.333. The number of benzene rings is 1. The molecule has 0 bridgehead atoms. The van der Waals surface area contributed by atoms with Crippen molar-refractivity contribution >= 4 is 35.1 Å². The van der Waals surface area contributed by atoms with Crippen molar-refractivity contribution in [2.75, 3.05) is 5.32 Å². The Balaban J connectivity index is 1.92. The monoisotopic (exact) mass is 428 g/mol. The van der Waals surface area contributed by atoms with Crippen LogP contribution in [-0.2, 0) is 15.7 Å². The van der Waals surface area contributed by atoms with Gasteiger partial charge in [-0.1, -0.05) is 17.7 Å². The minimum Gasteiger partial charge on any atom is -0.445 e. The van der Waals surface area contributed by atoms with E-state index < -0.39 is 34.9 Å². The predicted molar refractivity (Wildman–Crippen MR) is 97.6 cm³/mol. The Bertz CT molecular complexity index is 946. The molecule has 0 unspecified atom stereocenters. The van der Waals surface area contributed by atoms with E-state index in [2.05, 4.69) is 15.3 Å². The summed E-state index contributed by atoms with van der Waals surface area (Å²) in [5.41, 5.74) is 1.67. The Labute approximate surface area is 168 Å². The van der Waals surface area contributed by atoms with Crippen molar-refractivity contribution in [3.63, 3.8) is 0 Å². The van der Waals surface area contributed by atoms with Crippen LogP contribution in [0.25, 0.3) is 0 Å². The molecule has 154 valence electrons. The Morgan fingerprint density at radius 1 is 1.24 bits per heavy atom. The number of aromatic nitrogens is 2. The number of hydrogen-bond donors (Lipinski definition) is 2. The van der Waals surface area contributed by atoms with Crippen LogP contribution in [0.2, 0.25) is 5.02 Å². The van der Waals surface area contributed by atoms with Crippen LogP contribution in [0.15, 0.2) is 30.5 Å². The maximum atomic E-state index is 13.5. The van der Waals surface area contributed by atoms with Gasteiger partial charge in [-0.25, -0.2) is 14.8 Å². The molecule has 1 aromatic heterocycles. The molecule has 0 aliphatic heterocycles. The number of nitrogens with one attached hydrogen (secondary N) is 1. The molecule has 3 N–H and O–H groups in total. The second kappa shape index (κ2) is 7.86. The number of carbonyl (C=O) groups excluding carboxylic acids is 2. The van der Waals surface area contributed by atoms with Gasteiger partial charge in [-0.3, -0.25) is 4.79 Å². The summed E-state index contributed by atoms with van der Waals surface area (Å²) in [5, 5.41) is 2.95. The second-order valence-corrected chi connectivity index (χ2v) is 6.98. The van der Waals surface area contributed by atoms with Crippen molar-refractivity contribution in [2.45, 2.75) is 37.5 Å². The van der Waals surface area contributed by atoms with E-state index in [4.69, 9.17) is 22.1 Å². The largest absolute Gasteiger partial charge is 0.445 e. The predicted octanol–water partition coefficient (Wildman–Crippen LogP) is 3.85. The van der Waals surface area contributed by atoms with Crippen molar-refractivity contribution in [3.8, 4) is 0 Å². The minimum atomic E-state index is -4.96. The maximum absolute atomic E-state index is 13.5. The van der Waals surface area contributed by atoms with E-state index >= 15 is 0 Å². The molecule has 0 saturated heterocycles. The van der Waals surface area contributed by atoms with Crippen LogP contribution < -0.4 is 11.1 Å². The van der Waals surface area contributed by atoms with Crippen LogP contribution in [0.5, 0.6) is 0 Å². The first kappa shape index (κ1) is 20.8. The Morgan fingerprint density at radius 2 is 1.93 bits per heavy atom. The molecule has 7 nitrogen and oxygen atoms in total. The highest BCUT2D eigenvalue weighted by molar-refractivity contribution is 6.30. The first-order valence-corrected chi connectivity index (χ1v) is 8.99. The molecule has 1 amide bonds. The Kier molecular flexibility index (Phi) is 5.65. The van der Waals surface area contributed by atoms with Crippen molar-refractivity contribution in [1.29, 1.82) is 0 Å². The summed E-state index contributed by atoms with van der Waals surface area (Å²) in [5.74, 6) is -2.63. The molecule has 1 aliphatic rings. The van der Waals surface area contributed by atoms with Gasteiger partial charge in [0.2, 0.25) is 5.95 Å². The molecule has 1 heterocycles. The van der Waals surface area contributed by atoms with Gasteiger partial charge in [0.15, 0.2) is 11.3 Å². The summed E-state index contributed by atoms with van der Waals surface area (Å²) in [6.45, 7) is 0. The van der Waals surface area contributed by atoms with Gasteiger partial charge in [0.05, 0.1) is 0 Å². The highest BCUT2D eigenvalue weighted by Gasteiger charge is 2.46. The van der Waals surface area contributed by atoms with Crippen LogP contribution in [0.4, 0.5) is 24.8 Å². The number of nitrogens with zero attached hydrogens (tertiary/aromatic N) is 2. The lowest BCUT2D eigenvalue weighted by Gasteiger charge is -2.25. The number of amides is 1. The van der Waals surface area contributed by atoms with Gasteiger partial charge in [0, 0.05) is 16.9 Å². The van der Waals surface area contributed by atoms with E-state index in [0.717, 1.165) is 0 Å². The summed E-state index contributed by atoms with van der Waals surface area (Å²) in [7, 11) is 0. The number of rotatable bonds is 5. The van der Waals surface area contributed by atoms with Crippen molar-refractivity contribution in [2.24, 2.45) is 5.73 Å². The van der Waals surface area contributed by atoms with Gasteiger partial charge >= 0.3 is 12.1 Å². The number of esters is 1. The number of anilines is 2. The molecule has 0 spiro atoms. The summed E-state index contributed by atoms with van der Waals surface area (Å²) >= 11 is 5.84. The zero-order valence-electron chi connectivity index (χ0n) is 14.9. The van der Waals surface area contributed by atoms with Crippen LogP contribution in [0.1, 0.15) is 41.7 Å². The summed E-state index contributed by atoms with van der Waals surface area (Å²) in [6.07, 6.45) is -2.80. The van der Waals surface area contributed by atoms with E-state index in [0.29, 0.717) is 29.7 Å². The average molecular weight is 429 g/mol. The zero-order chi connectivity index (χ0) is 21.2. The van der Waals surface area contributed by atoms with Crippen LogP contribution in [0.3, 0.4) is 0 Å². The fourth-order valence-corrected chi connectivity index (χ4v) is 3.27. The molecule has 2 aromatic rings. The minimum absolute atomic E-state index is 0.157. The van der Waals surface area contributed by atoms with E-state index in [-0.39, 0.29) is 18.8 Å². The smallest absolute Gasteiger partial charge is 0.434 e. The first-order valence-electron chi connectivity index (χ1n) is 8.61. The zero-order valence-corrected chi connectivity index (χ0v) is 15.7. The first-order chi connectivity index (χ1) is 13.6. The molecular formula is C18H16ClF3N4O3. The van der Waals surface area contributed by atoms with Gasteiger partial charge in [-0.05, 0) is 43.9 Å². The number of carbonyl (C=O) groups is 2. The molecule has 1 saturated carbocycles. The number of primary amides is 1. The molecular weight excluding hydrogens is 413 g/mol. The van der Waals surface area contributed by atoms with E-state index in [1.165, 1.54) is 6.07 Å². The molecule has 1 fully saturated rings. The van der Waals surface area contributed by atoms with Gasteiger partial charge in [-0.15, -0.1) is 0 Å². The molecule has 3 rings (SSSR count). The van der Waals surface area contributed by atoms with E-state index in [9.17, 15) is 22.8 Å². The highest BCUT2D eigenvalue weighted by Crippen LogP contribution is 2.36. The summed E-state index contributed by atoms with van der Waals surface area (Å²) in [6, 6.07) is 6.20. The summed E-state index contributed by atoms with van der Waals surface area (Å²) in [4.78, 5) is 31.4. The van der Waals surface area contributed by atoms with Crippen LogP contribution in [-0.4, -0.2) is 27.4 Å². The van der Waals surface area contributed by atoms with Gasteiger partial charge < -0.3 is 15.8 Å². The number of nitrogens with two attached hydrogens (primary N) is 1. The van der Waals surface area contributed by atoms with Crippen molar-refractivity contribution in [1.82, 2.24) is 9.97 Å². The lowest BCUT2D eigenvalue weighted by Crippen LogP contribution is -2.45. The molecule has 0 radical (unpaired) electrons. The van der Waals surface area contributed by atoms with Crippen molar-refractivity contribution in [3.05, 3.63) is 46.7 Å². The second-order valence-electron chi connectivity index (χ2n) is 6.54. The third-order valence-corrected chi connectivity index (χ3v) is 4.74. The van der Waals surface area contributed by atoms with Gasteiger partial charge in [0.1, 0.15) is 5.56 Å². The normalized spacial score (nSPS) is 15.7. The van der Waals surface area contributed by atoms with Crippen LogP contribution in [0, 0.1) is 0 Å². The van der Waals surface area contributed by atoms with Crippen LogP contribution >= 0.6 is 11.6 Å².